The highest BCUT2D eigenvalue weighted by Crippen LogP contribution is 2.32. The molecule has 2 aromatic rings. The summed E-state index contributed by atoms with van der Waals surface area (Å²) in [6.45, 7) is 0.912. The molecule has 0 N–H and O–H groups in total. The largest absolute Gasteiger partial charge is 0.494 e. The molecule has 0 fully saturated rings. The number of ether oxygens (including phenoxy) is 1. The Morgan fingerprint density at radius 2 is 2.26 bits per heavy atom. The number of hydrogen-bond donors (Lipinski definition) is 0. The molecule has 4 nitrogen and oxygen atoms in total. The standard InChI is InChI=1S/C16H13BrClFN2O2/c1-23-13-7-20-15(17)10-4-5-21(16(22)14(10)13)8-9-2-3-12(19)11(18)6-9/h2-3,6-7H,4-5,8H2,1H3. The third-order valence-electron chi connectivity index (χ3n) is 3.80. The van der Waals surface area contributed by atoms with E-state index in [-0.39, 0.29) is 10.9 Å². The topological polar surface area (TPSA) is 42.4 Å². The van der Waals surface area contributed by atoms with Gasteiger partial charge in [-0.25, -0.2) is 9.37 Å². The van der Waals surface area contributed by atoms with Gasteiger partial charge in [-0.1, -0.05) is 17.7 Å². The van der Waals surface area contributed by atoms with Gasteiger partial charge in [0.1, 0.15) is 16.2 Å². The van der Waals surface area contributed by atoms with E-state index in [1.54, 1.807) is 17.0 Å². The van der Waals surface area contributed by atoms with Gasteiger partial charge in [0, 0.05) is 18.7 Å². The second-order valence-electron chi connectivity index (χ2n) is 5.20. The van der Waals surface area contributed by atoms with E-state index >= 15 is 0 Å². The maximum Gasteiger partial charge on any atom is 0.258 e. The Balaban J connectivity index is 1.91. The number of amides is 1. The molecular formula is C16H13BrClFN2O2. The lowest BCUT2D eigenvalue weighted by Gasteiger charge is -2.30. The molecule has 1 aromatic carbocycles. The van der Waals surface area contributed by atoms with Gasteiger partial charge in [-0.2, -0.15) is 0 Å². The van der Waals surface area contributed by atoms with Crippen molar-refractivity contribution in [1.82, 2.24) is 9.88 Å². The maximum atomic E-state index is 13.3. The van der Waals surface area contributed by atoms with Crippen LogP contribution < -0.4 is 4.74 Å². The molecule has 0 saturated carbocycles. The minimum absolute atomic E-state index is 0.0527. The molecule has 0 atom stereocenters. The zero-order chi connectivity index (χ0) is 16.6. The molecule has 0 radical (unpaired) electrons. The quantitative estimate of drug-likeness (QED) is 0.737. The summed E-state index contributed by atoms with van der Waals surface area (Å²) in [7, 11) is 1.51. The van der Waals surface area contributed by atoms with E-state index in [9.17, 15) is 9.18 Å². The van der Waals surface area contributed by atoms with Gasteiger partial charge < -0.3 is 9.64 Å². The number of pyridine rings is 1. The molecule has 0 saturated heterocycles. The highest BCUT2D eigenvalue weighted by Gasteiger charge is 2.30. The average molecular weight is 400 g/mol. The predicted molar refractivity (Wildman–Crippen MR) is 88.3 cm³/mol. The van der Waals surface area contributed by atoms with Crippen molar-refractivity contribution >= 4 is 33.4 Å². The van der Waals surface area contributed by atoms with Crippen LogP contribution in [0, 0.1) is 5.82 Å². The number of rotatable bonds is 3. The number of nitrogens with zero attached hydrogens (tertiary/aromatic N) is 2. The predicted octanol–water partition coefficient (Wildman–Crippen LogP) is 3.84. The fraction of sp³-hybridized carbons (Fsp3) is 0.250. The number of benzene rings is 1. The first kappa shape index (κ1) is 16.2. The molecule has 120 valence electrons. The summed E-state index contributed by atoms with van der Waals surface area (Å²) in [5, 5.41) is 0.0527. The van der Waals surface area contributed by atoms with Crippen molar-refractivity contribution in [3.63, 3.8) is 0 Å². The second-order valence-corrected chi connectivity index (χ2v) is 6.35. The zero-order valence-corrected chi connectivity index (χ0v) is 14.6. The molecule has 2 heterocycles. The minimum atomic E-state index is -0.470. The molecule has 0 unspecified atom stereocenters. The van der Waals surface area contributed by atoms with Crippen molar-refractivity contribution in [1.29, 1.82) is 0 Å². The third-order valence-corrected chi connectivity index (χ3v) is 4.78. The molecule has 0 bridgehead atoms. The Labute approximate surface area is 146 Å². The summed E-state index contributed by atoms with van der Waals surface area (Å²) in [5.74, 6) is -0.149. The Morgan fingerprint density at radius 1 is 1.48 bits per heavy atom. The smallest absolute Gasteiger partial charge is 0.258 e. The van der Waals surface area contributed by atoms with Crippen LogP contribution in [0.4, 0.5) is 4.39 Å². The molecule has 0 aliphatic carbocycles. The van der Waals surface area contributed by atoms with Crippen molar-refractivity contribution in [2.75, 3.05) is 13.7 Å². The Morgan fingerprint density at radius 3 is 2.96 bits per heavy atom. The van der Waals surface area contributed by atoms with E-state index in [0.29, 0.717) is 35.4 Å². The van der Waals surface area contributed by atoms with Crippen molar-refractivity contribution < 1.29 is 13.9 Å². The van der Waals surface area contributed by atoms with Crippen molar-refractivity contribution in [2.45, 2.75) is 13.0 Å². The van der Waals surface area contributed by atoms with Gasteiger partial charge in [-0.3, -0.25) is 4.79 Å². The van der Waals surface area contributed by atoms with E-state index in [4.69, 9.17) is 16.3 Å². The van der Waals surface area contributed by atoms with Crippen LogP contribution in [0.2, 0.25) is 5.02 Å². The minimum Gasteiger partial charge on any atom is -0.494 e. The first-order valence-electron chi connectivity index (χ1n) is 6.96. The molecular weight excluding hydrogens is 387 g/mol. The highest BCUT2D eigenvalue weighted by molar-refractivity contribution is 9.10. The fourth-order valence-corrected chi connectivity index (χ4v) is 3.34. The number of fused-ring (bicyclic) bond motifs is 1. The van der Waals surface area contributed by atoms with Gasteiger partial charge in [0.2, 0.25) is 0 Å². The number of carbonyl (C=O) groups is 1. The van der Waals surface area contributed by atoms with Crippen LogP contribution >= 0.6 is 27.5 Å². The van der Waals surface area contributed by atoms with Crippen LogP contribution in [-0.2, 0) is 13.0 Å². The first-order chi connectivity index (χ1) is 11.0. The number of hydrogen-bond acceptors (Lipinski definition) is 3. The van der Waals surface area contributed by atoms with Crippen molar-refractivity contribution in [2.24, 2.45) is 0 Å². The summed E-state index contributed by atoms with van der Waals surface area (Å²) in [4.78, 5) is 18.7. The summed E-state index contributed by atoms with van der Waals surface area (Å²) in [6.07, 6.45) is 2.19. The van der Waals surface area contributed by atoms with E-state index in [1.165, 1.54) is 19.4 Å². The van der Waals surface area contributed by atoms with E-state index < -0.39 is 5.82 Å². The van der Waals surface area contributed by atoms with Gasteiger partial charge >= 0.3 is 0 Å². The summed E-state index contributed by atoms with van der Waals surface area (Å²) in [5.41, 5.74) is 2.15. The van der Waals surface area contributed by atoms with E-state index in [1.807, 2.05) is 0 Å². The van der Waals surface area contributed by atoms with Crippen LogP contribution in [0.25, 0.3) is 0 Å². The summed E-state index contributed by atoms with van der Waals surface area (Å²) in [6, 6.07) is 4.48. The van der Waals surface area contributed by atoms with Gasteiger partial charge in [0.15, 0.2) is 0 Å². The Bertz CT molecular complexity index is 785. The molecule has 1 amide bonds. The molecule has 7 heteroatoms. The van der Waals surface area contributed by atoms with Gasteiger partial charge in [-0.05, 0) is 40.0 Å². The first-order valence-corrected chi connectivity index (χ1v) is 8.13. The number of halogens is 3. The number of carbonyl (C=O) groups excluding carboxylic acids is 1. The lowest BCUT2D eigenvalue weighted by molar-refractivity contribution is 0.0722. The maximum absolute atomic E-state index is 13.3. The summed E-state index contributed by atoms with van der Waals surface area (Å²) >= 11 is 9.19. The highest BCUT2D eigenvalue weighted by atomic mass is 79.9. The van der Waals surface area contributed by atoms with Crippen molar-refractivity contribution in [3.05, 3.63) is 56.5 Å². The van der Waals surface area contributed by atoms with Gasteiger partial charge in [0.05, 0.1) is 23.9 Å². The Hall–Kier alpha value is -1.66. The molecule has 23 heavy (non-hydrogen) atoms. The number of aromatic nitrogens is 1. The SMILES string of the molecule is COc1cnc(Br)c2c1C(=O)N(Cc1ccc(F)c(Cl)c1)CC2. The second kappa shape index (κ2) is 6.45. The van der Waals surface area contributed by atoms with Crippen molar-refractivity contribution in [3.8, 4) is 5.75 Å². The van der Waals surface area contributed by atoms with Crippen LogP contribution in [0.3, 0.4) is 0 Å². The van der Waals surface area contributed by atoms with E-state index in [0.717, 1.165) is 11.1 Å². The van der Waals surface area contributed by atoms with Crippen LogP contribution in [0.15, 0.2) is 29.0 Å². The number of methoxy groups -OCH3 is 1. The molecule has 3 rings (SSSR count). The molecule has 1 aliphatic heterocycles. The lowest BCUT2D eigenvalue weighted by Crippen LogP contribution is -2.37. The van der Waals surface area contributed by atoms with Crippen LogP contribution in [-0.4, -0.2) is 29.4 Å². The Kier molecular flexibility index (Phi) is 4.55. The lowest BCUT2D eigenvalue weighted by atomic mass is 10.00. The van der Waals surface area contributed by atoms with Crippen LogP contribution in [0.5, 0.6) is 5.75 Å². The normalized spacial score (nSPS) is 13.9. The third kappa shape index (κ3) is 3.05. The van der Waals surface area contributed by atoms with Gasteiger partial charge in [-0.15, -0.1) is 0 Å². The average Bonchev–Trinajstić information content (AvgIpc) is 2.54. The monoisotopic (exact) mass is 398 g/mol. The van der Waals surface area contributed by atoms with E-state index in [2.05, 4.69) is 20.9 Å². The van der Waals surface area contributed by atoms with Gasteiger partial charge in [0.25, 0.3) is 5.91 Å². The molecule has 1 aromatic heterocycles. The zero-order valence-electron chi connectivity index (χ0n) is 12.3. The molecule has 1 aliphatic rings. The fourth-order valence-electron chi connectivity index (χ4n) is 2.64. The molecule has 0 spiro atoms. The van der Waals surface area contributed by atoms with Crippen LogP contribution in [0.1, 0.15) is 21.5 Å². The summed E-state index contributed by atoms with van der Waals surface area (Å²) < 4.78 is 19.2.